The molecule has 1 heterocycles. The smallest absolute Gasteiger partial charge is 0.273 e. The van der Waals surface area contributed by atoms with Gasteiger partial charge in [-0.2, -0.15) is 0 Å². The van der Waals surface area contributed by atoms with Gasteiger partial charge >= 0.3 is 0 Å². The van der Waals surface area contributed by atoms with E-state index in [0.717, 1.165) is 25.2 Å². The number of morpholine rings is 1. The molecule has 2 rings (SSSR count). The van der Waals surface area contributed by atoms with Crippen LogP contribution in [0.3, 0.4) is 0 Å². The Morgan fingerprint density at radius 3 is 3.00 bits per heavy atom. The van der Waals surface area contributed by atoms with E-state index in [2.05, 4.69) is 11.8 Å². The van der Waals surface area contributed by atoms with Crippen molar-refractivity contribution in [3.05, 3.63) is 33.9 Å². The Kier molecular flexibility index (Phi) is 4.61. The van der Waals surface area contributed by atoms with E-state index in [1.165, 1.54) is 6.07 Å². The Bertz CT molecular complexity index is 467. The van der Waals surface area contributed by atoms with Crippen LogP contribution < -0.4 is 4.90 Å². The Labute approximate surface area is 117 Å². The number of benzene rings is 1. The van der Waals surface area contributed by atoms with Crippen molar-refractivity contribution >= 4 is 23.0 Å². The maximum absolute atomic E-state index is 10.9. The van der Waals surface area contributed by atoms with Gasteiger partial charge in [-0.3, -0.25) is 10.1 Å². The summed E-state index contributed by atoms with van der Waals surface area (Å²) in [6.45, 7) is 4.39. The van der Waals surface area contributed by atoms with E-state index in [-0.39, 0.29) is 17.7 Å². The van der Waals surface area contributed by atoms with Crippen LogP contribution in [-0.4, -0.2) is 30.7 Å². The lowest BCUT2D eigenvalue weighted by Crippen LogP contribution is -2.42. The molecule has 19 heavy (non-hydrogen) atoms. The van der Waals surface area contributed by atoms with Crippen molar-refractivity contribution in [2.24, 2.45) is 0 Å². The van der Waals surface area contributed by atoms with Crippen molar-refractivity contribution in [2.45, 2.75) is 25.3 Å². The van der Waals surface area contributed by atoms with Crippen molar-refractivity contribution in [2.75, 3.05) is 24.6 Å². The molecule has 1 aliphatic rings. The van der Waals surface area contributed by atoms with Gasteiger partial charge in [0, 0.05) is 30.4 Å². The normalized spacial score (nSPS) is 19.5. The summed E-state index contributed by atoms with van der Waals surface area (Å²) in [5.41, 5.74) is 1.62. The lowest BCUT2D eigenvalue weighted by Gasteiger charge is -2.34. The summed E-state index contributed by atoms with van der Waals surface area (Å²) in [4.78, 5) is 12.7. The second-order valence-corrected chi connectivity index (χ2v) is 4.82. The molecular weight excluding hydrogens is 268 g/mol. The van der Waals surface area contributed by atoms with Gasteiger partial charge in [0.2, 0.25) is 0 Å². The molecule has 1 unspecified atom stereocenters. The molecule has 1 fully saturated rings. The quantitative estimate of drug-likeness (QED) is 0.484. The van der Waals surface area contributed by atoms with E-state index in [1.54, 1.807) is 6.07 Å². The van der Waals surface area contributed by atoms with Crippen LogP contribution in [0.25, 0.3) is 0 Å². The van der Waals surface area contributed by atoms with Gasteiger partial charge in [-0.15, -0.1) is 11.6 Å². The van der Waals surface area contributed by atoms with E-state index in [4.69, 9.17) is 16.3 Å². The molecule has 5 nitrogen and oxygen atoms in total. The number of hydrogen-bond acceptors (Lipinski definition) is 4. The first kappa shape index (κ1) is 14.1. The number of nitrogens with zero attached hydrogens (tertiary/aromatic N) is 2. The summed E-state index contributed by atoms with van der Waals surface area (Å²) in [5.74, 6) is 0.145. The van der Waals surface area contributed by atoms with Crippen LogP contribution in [0.5, 0.6) is 0 Å². The molecule has 0 aliphatic carbocycles. The molecular formula is C13H17ClN2O3. The second kappa shape index (κ2) is 6.21. The van der Waals surface area contributed by atoms with E-state index in [0.29, 0.717) is 12.2 Å². The van der Waals surface area contributed by atoms with Gasteiger partial charge in [0.15, 0.2) is 0 Å². The highest BCUT2D eigenvalue weighted by Crippen LogP contribution is 2.27. The summed E-state index contributed by atoms with van der Waals surface area (Å²) in [7, 11) is 0. The molecule has 1 saturated heterocycles. The third kappa shape index (κ3) is 3.16. The third-order valence-electron chi connectivity index (χ3n) is 3.36. The molecule has 0 amide bonds. The van der Waals surface area contributed by atoms with Gasteiger partial charge in [-0.25, -0.2) is 0 Å². The predicted octanol–water partition coefficient (Wildman–Crippen LogP) is 2.95. The number of alkyl halides is 1. The van der Waals surface area contributed by atoms with E-state index < -0.39 is 4.92 Å². The van der Waals surface area contributed by atoms with E-state index >= 15 is 0 Å². The van der Waals surface area contributed by atoms with Crippen LogP contribution in [0.1, 0.15) is 18.9 Å². The van der Waals surface area contributed by atoms with Gasteiger partial charge < -0.3 is 9.64 Å². The highest BCUT2D eigenvalue weighted by Gasteiger charge is 2.21. The molecule has 0 aromatic heterocycles. The van der Waals surface area contributed by atoms with Crippen LogP contribution in [0.15, 0.2) is 18.2 Å². The summed E-state index contributed by atoms with van der Waals surface area (Å²) in [5, 5.41) is 10.9. The zero-order chi connectivity index (χ0) is 13.8. The molecule has 1 aliphatic heterocycles. The largest absolute Gasteiger partial charge is 0.375 e. The van der Waals surface area contributed by atoms with Crippen LogP contribution in [-0.2, 0) is 10.6 Å². The fourth-order valence-electron chi connectivity index (χ4n) is 2.25. The molecule has 1 aromatic rings. The maximum atomic E-state index is 10.9. The van der Waals surface area contributed by atoms with Gasteiger partial charge in [-0.1, -0.05) is 6.92 Å². The van der Waals surface area contributed by atoms with Gasteiger partial charge in [0.1, 0.15) is 0 Å². The van der Waals surface area contributed by atoms with Gasteiger partial charge in [0.25, 0.3) is 5.69 Å². The van der Waals surface area contributed by atoms with Crippen molar-refractivity contribution in [3.63, 3.8) is 0 Å². The van der Waals surface area contributed by atoms with Crippen LogP contribution in [0.2, 0.25) is 0 Å². The summed E-state index contributed by atoms with van der Waals surface area (Å²) < 4.78 is 5.62. The van der Waals surface area contributed by atoms with Gasteiger partial charge in [0.05, 0.1) is 23.5 Å². The standard InChI is InChI=1S/C13H17ClN2O3/c1-2-12-9-15(5-6-19-12)11-3-4-13(16(17)18)10(7-11)8-14/h3-4,7,12H,2,5-6,8-9H2,1H3. The van der Waals surface area contributed by atoms with E-state index in [9.17, 15) is 10.1 Å². The maximum Gasteiger partial charge on any atom is 0.273 e. The van der Waals surface area contributed by atoms with Crippen LogP contribution >= 0.6 is 11.6 Å². The fraction of sp³-hybridized carbons (Fsp3) is 0.538. The van der Waals surface area contributed by atoms with Crippen molar-refractivity contribution in [1.82, 2.24) is 0 Å². The molecule has 0 spiro atoms. The zero-order valence-electron chi connectivity index (χ0n) is 10.8. The lowest BCUT2D eigenvalue weighted by atomic mass is 10.1. The molecule has 0 radical (unpaired) electrons. The topological polar surface area (TPSA) is 55.6 Å². The molecule has 0 N–H and O–H groups in total. The van der Waals surface area contributed by atoms with Crippen molar-refractivity contribution < 1.29 is 9.66 Å². The first-order valence-corrected chi connectivity index (χ1v) is 6.89. The van der Waals surface area contributed by atoms with Crippen LogP contribution in [0.4, 0.5) is 11.4 Å². The molecule has 1 atom stereocenters. The zero-order valence-corrected chi connectivity index (χ0v) is 11.6. The fourth-order valence-corrected chi connectivity index (χ4v) is 2.47. The second-order valence-electron chi connectivity index (χ2n) is 4.55. The minimum atomic E-state index is -0.393. The number of rotatable bonds is 4. The summed E-state index contributed by atoms with van der Waals surface area (Å²) >= 11 is 5.80. The van der Waals surface area contributed by atoms with Gasteiger partial charge in [-0.05, 0) is 18.6 Å². The molecule has 6 heteroatoms. The average Bonchev–Trinajstić information content (AvgIpc) is 2.46. The Morgan fingerprint density at radius 2 is 2.37 bits per heavy atom. The number of ether oxygens (including phenoxy) is 1. The van der Waals surface area contributed by atoms with E-state index in [1.807, 2.05) is 6.07 Å². The molecule has 0 saturated carbocycles. The van der Waals surface area contributed by atoms with Crippen molar-refractivity contribution in [1.29, 1.82) is 0 Å². The number of halogens is 1. The lowest BCUT2D eigenvalue weighted by molar-refractivity contribution is -0.385. The first-order chi connectivity index (χ1) is 9.15. The molecule has 104 valence electrons. The number of nitro benzene ring substituents is 1. The average molecular weight is 285 g/mol. The highest BCUT2D eigenvalue weighted by molar-refractivity contribution is 6.17. The first-order valence-electron chi connectivity index (χ1n) is 6.35. The number of nitro groups is 1. The summed E-state index contributed by atoms with van der Waals surface area (Å²) in [6.07, 6.45) is 1.19. The number of hydrogen-bond donors (Lipinski definition) is 0. The Morgan fingerprint density at radius 1 is 1.58 bits per heavy atom. The number of anilines is 1. The minimum absolute atomic E-state index is 0.0825. The molecule has 0 bridgehead atoms. The summed E-state index contributed by atoms with van der Waals surface area (Å²) in [6, 6.07) is 5.12. The molecule has 1 aromatic carbocycles. The van der Waals surface area contributed by atoms with Crippen LogP contribution in [0, 0.1) is 10.1 Å². The van der Waals surface area contributed by atoms with Crippen molar-refractivity contribution in [3.8, 4) is 0 Å². The third-order valence-corrected chi connectivity index (χ3v) is 3.65. The Hall–Kier alpha value is -1.33. The predicted molar refractivity (Wildman–Crippen MR) is 74.9 cm³/mol. The Balaban J connectivity index is 2.23. The SMILES string of the molecule is CCC1CN(c2ccc([N+](=O)[O-])c(CCl)c2)CCO1. The minimum Gasteiger partial charge on any atom is -0.375 e. The monoisotopic (exact) mass is 284 g/mol. The highest BCUT2D eigenvalue weighted by atomic mass is 35.5.